The van der Waals surface area contributed by atoms with Crippen molar-refractivity contribution >= 4 is 26.1 Å². The average Bonchev–Trinajstić information content (AvgIpc) is 3.16. The molecule has 8 nitrogen and oxygen atoms in total. The number of rotatable bonds is 12. The summed E-state index contributed by atoms with van der Waals surface area (Å²) in [5.74, 6) is -2.94. The normalized spacial score (nSPS) is 20.0. The van der Waals surface area contributed by atoms with Gasteiger partial charge in [-0.15, -0.1) is 0 Å². The van der Waals surface area contributed by atoms with Crippen molar-refractivity contribution < 1.29 is 33.4 Å². The molecule has 0 aliphatic carbocycles. The number of hydrogen-bond acceptors (Lipinski definition) is 7. The number of benzene rings is 1. The highest BCUT2D eigenvalue weighted by Crippen LogP contribution is 2.38. The van der Waals surface area contributed by atoms with Gasteiger partial charge < -0.3 is 19.0 Å². The second-order valence-corrected chi connectivity index (χ2v) is 16.1. The zero-order valence-corrected chi connectivity index (χ0v) is 23.9. The minimum atomic E-state index is -2.13. The van der Waals surface area contributed by atoms with Gasteiger partial charge in [0.2, 0.25) is 5.91 Å². The third-order valence-corrected chi connectivity index (χ3v) is 12.0. The van der Waals surface area contributed by atoms with Gasteiger partial charge in [0.05, 0.1) is 30.8 Å². The lowest BCUT2D eigenvalue weighted by Gasteiger charge is -2.40. The van der Waals surface area contributed by atoms with Crippen LogP contribution in [0.25, 0.3) is 0 Å². The summed E-state index contributed by atoms with van der Waals surface area (Å²) in [6.45, 7) is 14.1. The number of hydrogen-bond donors (Lipinski definition) is 1. The van der Waals surface area contributed by atoms with E-state index in [9.17, 15) is 19.5 Å². The topological polar surface area (TPSA) is 102 Å². The molecule has 1 aliphatic rings. The second-order valence-electron chi connectivity index (χ2n) is 11.3. The Morgan fingerprint density at radius 1 is 1.19 bits per heavy atom. The summed E-state index contributed by atoms with van der Waals surface area (Å²) in [7, 11) is -0.553. The Bertz CT molecular complexity index is 899. The lowest BCUT2D eigenvalue weighted by molar-refractivity contribution is -0.142. The summed E-state index contributed by atoms with van der Waals surface area (Å²) >= 11 is 0. The molecule has 1 aromatic carbocycles. The van der Waals surface area contributed by atoms with Crippen molar-refractivity contribution in [2.45, 2.75) is 83.8 Å². The van der Waals surface area contributed by atoms with Gasteiger partial charge in [-0.3, -0.25) is 9.59 Å². The first-order valence-corrected chi connectivity index (χ1v) is 15.5. The summed E-state index contributed by atoms with van der Waals surface area (Å²) in [5, 5.41) is 10.9. The lowest BCUT2D eigenvalue weighted by Crippen LogP contribution is -2.48. The van der Waals surface area contributed by atoms with Crippen LogP contribution in [0.2, 0.25) is 18.1 Å². The highest BCUT2D eigenvalue weighted by molar-refractivity contribution is 6.74. The Morgan fingerprint density at radius 3 is 2.36 bits per heavy atom. The van der Waals surface area contributed by atoms with Gasteiger partial charge in [-0.1, -0.05) is 58.0 Å². The van der Waals surface area contributed by atoms with Crippen molar-refractivity contribution in [3.63, 3.8) is 0 Å². The van der Waals surface area contributed by atoms with E-state index in [4.69, 9.17) is 13.9 Å². The van der Waals surface area contributed by atoms with Crippen molar-refractivity contribution in [1.29, 1.82) is 0 Å². The van der Waals surface area contributed by atoms with Crippen LogP contribution in [0.15, 0.2) is 30.3 Å². The van der Waals surface area contributed by atoms with E-state index in [0.717, 1.165) is 10.5 Å². The monoisotopic (exact) mass is 521 g/mol. The van der Waals surface area contributed by atoms with E-state index in [0.29, 0.717) is 13.0 Å². The lowest BCUT2D eigenvalue weighted by atomic mass is 9.88. The second kappa shape index (κ2) is 12.4. The first kappa shape index (κ1) is 30.2. The van der Waals surface area contributed by atoms with Crippen LogP contribution in [0.4, 0.5) is 4.79 Å². The predicted molar refractivity (Wildman–Crippen MR) is 140 cm³/mol. The van der Waals surface area contributed by atoms with E-state index >= 15 is 0 Å². The molecule has 202 valence electrons. The minimum Gasteiger partial charge on any atom is -0.447 e. The summed E-state index contributed by atoms with van der Waals surface area (Å²) in [6.07, 6.45) is -1.49. The number of ether oxygens (including phenoxy) is 2. The van der Waals surface area contributed by atoms with Crippen LogP contribution < -0.4 is 0 Å². The molecule has 9 heteroatoms. The molecule has 0 spiro atoms. The van der Waals surface area contributed by atoms with Crippen molar-refractivity contribution in [2.75, 3.05) is 20.3 Å². The van der Waals surface area contributed by atoms with Gasteiger partial charge in [0.1, 0.15) is 12.4 Å². The summed E-state index contributed by atoms with van der Waals surface area (Å²) < 4.78 is 16.9. The van der Waals surface area contributed by atoms with Crippen LogP contribution in [-0.4, -0.2) is 74.7 Å². The molecule has 1 saturated heterocycles. The number of amides is 2. The number of ketones is 1. The van der Waals surface area contributed by atoms with E-state index in [1.807, 2.05) is 30.3 Å². The highest BCUT2D eigenvalue weighted by Gasteiger charge is 2.44. The third kappa shape index (κ3) is 7.47. The van der Waals surface area contributed by atoms with Crippen LogP contribution in [0, 0.1) is 11.8 Å². The number of aliphatic hydroxyl groups excluding tert-OH is 1. The number of nitrogens with zero attached hydrogens (tertiary/aromatic N) is 1. The van der Waals surface area contributed by atoms with Crippen LogP contribution in [-0.2, 0) is 29.9 Å². The highest BCUT2D eigenvalue weighted by atomic mass is 28.4. The predicted octanol–water partition coefficient (Wildman–Crippen LogP) is 4.21. The van der Waals surface area contributed by atoms with E-state index in [1.165, 1.54) is 6.92 Å². The Hall–Kier alpha value is -2.07. The molecule has 0 radical (unpaired) electrons. The fourth-order valence-corrected chi connectivity index (χ4v) is 5.44. The molecular formula is C27H43NO7Si. The Balaban J connectivity index is 2.07. The van der Waals surface area contributed by atoms with Crippen molar-refractivity contribution in [1.82, 2.24) is 4.90 Å². The summed E-state index contributed by atoms with van der Waals surface area (Å²) in [5.41, 5.74) is 0.965. The van der Waals surface area contributed by atoms with Gasteiger partial charge in [0, 0.05) is 19.4 Å². The molecule has 36 heavy (non-hydrogen) atoms. The summed E-state index contributed by atoms with van der Waals surface area (Å²) in [4.78, 5) is 39.9. The van der Waals surface area contributed by atoms with Crippen LogP contribution in [0.1, 0.15) is 46.6 Å². The standard InChI is InChI=1S/C27H43NO7Si/c1-18(23(29)15-22(17-33-6)35-36(7,8)27(3,4)5)24(30)19(2)25(31)28-21(16-34-26(28)32)14-20-12-10-9-11-13-20/h9-13,18-19,21-23,29H,14-17H2,1-8H3/t18-,19+,21+,22+,23+/m0/s1. The van der Waals surface area contributed by atoms with E-state index in [-0.39, 0.29) is 24.2 Å². The van der Waals surface area contributed by atoms with Gasteiger partial charge in [0.15, 0.2) is 8.32 Å². The maximum Gasteiger partial charge on any atom is 0.417 e. The number of imide groups is 1. The van der Waals surface area contributed by atoms with Gasteiger partial charge in [-0.05, 0) is 37.0 Å². The minimum absolute atomic E-state index is 0.0209. The fraction of sp³-hybridized carbons (Fsp3) is 0.667. The molecule has 1 N–H and O–H groups in total. The number of carbonyl (C=O) groups is 3. The van der Waals surface area contributed by atoms with Gasteiger partial charge in [-0.2, -0.15) is 0 Å². The first-order chi connectivity index (χ1) is 16.7. The number of cyclic esters (lactones) is 1. The number of methoxy groups -OCH3 is 1. The van der Waals surface area contributed by atoms with Crippen LogP contribution >= 0.6 is 0 Å². The Morgan fingerprint density at radius 2 is 1.81 bits per heavy atom. The fourth-order valence-electron chi connectivity index (χ4n) is 4.08. The third-order valence-electron chi connectivity index (χ3n) is 7.46. The van der Waals surface area contributed by atoms with Gasteiger partial charge in [0.25, 0.3) is 0 Å². The first-order valence-electron chi connectivity index (χ1n) is 12.6. The zero-order chi connectivity index (χ0) is 27.3. The maximum atomic E-state index is 13.2. The zero-order valence-electron chi connectivity index (χ0n) is 22.9. The number of aliphatic hydroxyl groups is 1. The number of carbonyl (C=O) groups excluding carboxylic acids is 3. The van der Waals surface area contributed by atoms with E-state index in [2.05, 4.69) is 33.9 Å². The molecule has 5 atom stereocenters. The smallest absolute Gasteiger partial charge is 0.417 e. The van der Waals surface area contributed by atoms with Crippen molar-refractivity contribution in [2.24, 2.45) is 11.8 Å². The van der Waals surface area contributed by atoms with Crippen LogP contribution in [0.3, 0.4) is 0 Å². The molecule has 2 amide bonds. The van der Waals surface area contributed by atoms with Crippen molar-refractivity contribution in [3.8, 4) is 0 Å². The molecule has 1 heterocycles. The molecule has 1 aliphatic heterocycles. The molecule has 2 rings (SSSR count). The van der Waals surface area contributed by atoms with Crippen molar-refractivity contribution in [3.05, 3.63) is 35.9 Å². The molecule has 0 saturated carbocycles. The Kier molecular flexibility index (Phi) is 10.4. The molecule has 0 bridgehead atoms. The quantitative estimate of drug-likeness (QED) is 0.325. The summed E-state index contributed by atoms with van der Waals surface area (Å²) in [6, 6.07) is 9.03. The van der Waals surface area contributed by atoms with Crippen LogP contribution in [0.5, 0.6) is 0 Å². The molecular weight excluding hydrogens is 478 g/mol. The van der Waals surface area contributed by atoms with Gasteiger partial charge in [-0.25, -0.2) is 9.69 Å². The van der Waals surface area contributed by atoms with E-state index in [1.54, 1.807) is 14.0 Å². The van der Waals surface area contributed by atoms with E-state index < -0.39 is 50.1 Å². The SMILES string of the molecule is COC[C@@H](C[C@@H](O)[C@H](C)C(=O)[C@@H](C)C(=O)N1C(=O)OC[C@H]1Cc1ccccc1)O[Si](C)(C)C(C)(C)C. The average molecular weight is 522 g/mol. The molecule has 1 fully saturated rings. The molecule has 1 aromatic rings. The maximum absolute atomic E-state index is 13.2. The molecule has 0 unspecified atom stereocenters. The largest absolute Gasteiger partial charge is 0.447 e. The number of Topliss-reactive ketones (excluding diaryl/α,β-unsaturated/α-hetero) is 1. The molecule has 0 aromatic heterocycles. The van der Waals surface area contributed by atoms with Gasteiger partial charge >= 0.3 is 6.09 Å². The Labute approximate surface area is 216 Å².